The molecule has 1 N–H and O–H groups in total. The van der Waals surface area contributed by atoms with E-state index in [0.29, 0.717) is 0 Å². The molecule has 32 heavy (non-hydrogen) atoms. The summed E-state index contributed by atoms with van der Waals surface area (Å²) in [5.41, 5.74) is 0.950. The Morgan fingerprint density at radius 2 is 1.56 bits per heavy atom. The Morgan fingerprint density at radius 3 is 2.09 bits per heavy atom. The lowest BCUT2D eigenvalue weighted by Crippen LogP contribution is -2.36. The van der Waals surface area contributed by atoms with Gasteiger partial charge in [0.1, 0.15) is 17.9 Å². The van der Waals surface area contributed by atoms with E-state index in [9.17, 15) is 14.7 Å². The van der Waals surface area contributed by atoms with Crippen molar-refractivity contribution in [3.8, 4) is 0 Å². The molecule has 0 fully saturated rings. The number of aliphatic hydroxyl groups excluding tert-OH is 1. The first kappa shape index (κ1) is 24.5. The van der Waals surface area contributed by atoms with Crippen molar-refractivity contribution < 1.29 is 28.9 Å². The second-order valence-corrected chi connectivity index (χ2v) is 7.92. The number of amides is 1. The maximum absolute atomic E-state index is 12.8. The first-order valence-corrected chi connectivity index (χ1v) is 10.2. The van der Waals surface area contributed by atoms with E-state index in [1.807, 2.05) is 60.7 Å². The predicted octanol–water partition coefficient (Wildman–Crippen LogP) is 5.73. The largest absolute Gasteiger partial charge is 0.517 e. The Morgan fingerprint density at radius 1 is 1.00 bits per heavy atom. The number of hydrogen-bond acceptors (Lipinski definition) is 6. The van der Waals surface area contributed by atoms with Crippen LogP contribution in [0.25, 0.3) is 0 Å². The topological polar surface area (TPSA) is 85.3 Å². The van der Waals surface area contributed by atoms with Gasteiger partial charge in [0.25, 0.3) is 5.95 Å². The number of benzene rings is 2. The Balaban J connectivity index is 2.31. The summed E-state index contributed by atoms with van der Waals surface area (Å²) in [5.74, 6) is -0.458. The summed E-state index contributed by atoms with van der Waals surface area (Å²) in [6.45, 7) is 8.69. The molecule has 0 aliphatic rings. The van der Waals surface area contributed by atoms with Crippen LogP contribution in [-0.2, 0) is 27.2 Å². The van der Waals surface area contributed by atoms with Crippen LogP contribution in [-0.4, -0.2) is 34.4 Å². The average molecular weight is 440 g/mol. The summed E-state index contributed by atoms with van der Waals surface area (Å²) in [4.78, 5) is 25.9. The summed E-state index contributed by atoms with van der Waals surface area (Å²) in [6.07, 6.45) is -0.551. The van der Waals surface area contributed by atoms with Gasteiger partial charge in [0.05, 0.1) is 0 Å². The predicted molar refractivity (Wildman–Crippen MR) is 121 cm³/mol. The number of allylic oxidation sites excluding steroid dienone is 1. The molecular weight excluding hydrogens is 410 g/mol. The molecule has 2 rings (SSSR count). The van der Waals surface area contributed by atoms with Crippen LogP contribution in [0.15, 0.2) is 85.0 Å². The van der Waals surface area contributed by atoms with Gasteiger partial charge in [-0.1, -0.05) is 66.7 Å². The standard InChI is InChI=1S/C25H29NO6/c1-5-16-26(23(28)31-24(29)32-25(2,3)4)21(17-19-12-8-6-9-13-19)22(27)30-18-20-14-10-7-11-15-20/h5-15,27H,1,16-18H2,2-4H3. The minimum Gasteiger partial charge on any atom is -0.480 e. The van der Waals surface area contributed by atoms with Crippen LogP contribution in [0, 0.1) is 0 Å². The lowest BCUT2D eigenvalue weighted by molar-refractivity contribution is 0.00319. The second-order valence-electron chi connectivity index (χ2n) is 7.92. The number of rotatable bonds is 8. The fraction of sp³-hybridized carbons (Fsp3) is 0.280. The third kappa shape index (κ3) is 8.18. The zero-order valence-corrected chi connectivity index (χ0v) is 18.6. The summed E-state index contributed by atoms with van der Waals surface area (Å²) in [5, 5.41) is 10.8. The van der Waals surface area contributed by atoms with E-state index >= 15 is 0 Å². The molecule has 0 aliphatic carbocycles. The number of carbonyl (C=O) groups excluding carboxylic acids is 2. The van der Waals surface area contributed by atoms with Crippen molar-refractivity contribution in [3.05, 3.63) is 96.1 Å². The summed E-state index contributed by atoms with van der Waals surface area (Å²) < 4.78 is 15.5. The summed E-state index contributed by atoms with van der Waals surface area (Å²) >= 11 is 0. The van der Waals surface area contributed by atoms with Gasteiger partial charge in [-0.05, 0) is 31.9 Å². The molecule has 7 heteroatoms. The molecule has 0 aromatic heterocycles. The van der Waals surface area contributed by atoms with Gasteiger partial charge in [0.15, 0.2) is 0 Å². The van der Waals surface area contributed by atoms with Crippen molar-refractivity contribution in [2.75, 3.05) is 6.54 Å². The zero-order chi connectivity index (χ0) is 23.6. The molecule has 1 amide bonds. The lowest BCUT2D eigenvalue weighted by Gasteiger charge is -2.25. The number of hydrogen-bond donors (Lipinski definition) is 1. The summed E-state index contributed by atoms with van der Waals surface area (Å²) in [6, 6.07) is 18.5. The number of ether oxygens (including phenoxy) is 3. The van der Waals surface area contributed by atoms with Crippen LogP contribution >= 0.6 is 0 Å². The number of aliphatic hydroxyl groups is 1. The first-order chi connectivity index (χ1) is 15.2. The van der Waals surface area contributed by atoms with E-state index in [2.05, 4.69) is 6.58 Å². The van der Waals surface area contributed by atoms with E-state index in [0.717, 1.165) is 16.0 Å². The van der Waals surface area contributed by atoms with Gasteiger partial charge < -0.3 is 19.3 Å². The Labute approximate surface area is 188 Å². The maximum Gasteiger partial charge on any atom is 0.517 e. The van der Waals surface area contributed by atoms with Gasteiger partial charge in [-0.25, -0.2) is 9.59 Å². The van der Waals surface area contributed by atoms with E-state index in [1.165, 1.54) is 6.08 Å². The fourth-order valence-corrected chi connectivity index (χ4v) is 2.71. The number of nitrogens with zero attached hydrogens (tertiary/aromatic N) is 1. The molecule has 0 saturated carbocycles. The van der Waals surface area contributed by atoms with E-state index in [1.54, 1.807) is 20.8 Å². The number of carbonyl (C=O) groups is 2. The van der Waals surface area contributed by atoms with Crippen molar-refractivity contribution in [1.29, 1.82) is 0 Å². The molecule has 0 radical (unpaired) electrons. The van der Waals surface area contributed by atoms with E-state index in [4.69, 9.17) is 14.2 Å². The highest BCUT2D eigenvalue weighted by atomic mass is 16.8. The molecule has 2 aromatic rings. The minimum atomic E-state index is -1.14. The van der Waals surface area contributed by atoms with Crippen molar-refractivity contribution in [1.82, 2.24) is 4.90 Å². The maximum atomic E-state index is 12.8. The summed E-state index contributed by atoms with van der Waals surface area (Å²) in [7, 11) is 0. The minimum absolute atomic E-state index is 0.0252. The third-order valence-corrected chi connectivity index (χ3v) is 4.10. The van der Waals surface area contributed by atoms with Crippen LogP contribution in [0.3, 0.4) is 0 Å². The van der Waals surface area contributed by atoms with Crippen LogP contribution in [0.5, 0.6) is 0 Å². The van der Waals surface area contributed by atoms with Gasteiger partial charge >= 0.3 is 12.2 Å². The molecule has 7 nitrogen and oxygen atoms in total. The molecule has 0 atom stereocenters. The second kappa shape index (κ2) is 11.6. The van der Waals surface area contributed by atoms with Gasteiger partial charge in [0, 0.05) is 13.0 Å². The molecule has 0 bridgehead atoms. The molecule has 0 unspecified atom stereocenters. The molecule has 0 spiro atoms. The van der Waals surface area contributed by atoms with Gasteiger partial charge in [-0.3, -0.25) is 4.90 Å². The highest BCUT2D eigenvalue weighted by molar-refractivity contribution is 5.82. The first-order valence-electron chi connectivity index (χ1n) is 10.2. The highest BCUT2D eigenvalue weighted by Gasteiger charge is 2.28. The average Bonchev–Trinajstić information content (AvgIpc) is 2.74. The molecule has 0 saturated heterocycles. The van der Waals surface area contributed by atoms with Crippen LogP contribution in [0.2, 0.25) is 0 Å². The van der Waals surface area contributed by atoms with E-state index in [-0.39, 0.29) is 25.3 Å². The van der Waals surface area contributed by atoms with Crippen molar-refractivity contribution in [3.63, 3.8) is 0 Å². The monoisotopic (exact) mass is 439 g/mol. The van der Waals surface area contributed by atoms with Crippen molar-refractivity contribution in [2.24, 2.45) is 0 Å². The molecule has 0 heterocycles. The zero-order valence-electron chi connectivity index (χ0n) is 18.6. The molecule has 170 valence electrons. The van der Waals surface area contributed by atoms with Crippen molar-refractivity contribution >= 4 is 12.2 Å². The highest BCUT2D eigenvalue weighted by Crippen LogP contribution is 2.20. The Hall–Kier alpha value is -3.74. The Bertz CT molecular complexity index is 932. The van der Waals surface area contributed by atoms with Crippen LogP contribution in [0.1, 0.15) is 31.9 Å². The van der Waals surface area contributed by atoms with Crippen LogP contribution in [0.4, 0.5) is 9.59 Å². The van der Waals surface area contributed by atoms with Gasteiger partial charge in [-0.2, -0.15) is 0 Å². The van der Waals surface area contributed by atoms with Gasteiger partial charge in [-0.15, -0.1) is 6.58 Å². The fourth-order valence-electron chi connectivity index (χ4n) is 2.71. The smallest absolute Gasteiger partial charge is 0.480 e. The SMILES string of the molecule is C=CCN(C(=O)OC(=O)OC(C)(C)C)C(Cc1ccccc1)=C(O)OCc1ccccc1. The van der Waals surface area contributed by atoms with Gasteiger partial charge in [0.2, 0.25) is 0 Å². The molecular formula is C25H29NO6. The lowest BCUT2D eigenvalue weighted by atomic mass is 10.1. The Kier molecular flexibility index (Phi) is 8.89. The molecule has 0 aliphatic heterocycles. The molecule has 2 aromatic carbocycles. The normalized spacial score (nSPS) is 11.7. The van der Waals surface area contributed by atoms with E-state index < -0.39 is 23.8 Å². The quantitative estimate of drug-likeness (QED) is 0.245. The van der Waals surface area contributed by atoms with Crippen molar-refractivity contribution in [2.45, 2.75) is 39.4 Å². The third-order valence-electron chi connectivity index (χ3n) is 4.10. The van der Waals surface area contributed by atoms with Crippen LogP contribution < -0.4 is 0 Å².